The monoisotopic (exact) mass is 439 g/mol. The fraction of sp³-hybridized carbons (Fsp3) is 0.200. The van der Waals surface area contributed by atoms with Crippen molar-refractivity contribution in [3.63, 3.8) is 0 Å². The second-order valence-corrected chi connectivity index (χ2v) is 7.51. The number of hydrogen-bond acceptors (Lipinski definition) is 9. The van der Waals surface area contributed by atoms with Gasteiger partial charge in [-0.15, -0.1) is 11.3 Å². The van der Waals surface area contributed by atoms with E-state index in [2.05, 4.69) is 30.7 Å². The summed E-state index contributed by atoms with van der Waals surface area (Å²) in [6.07, 6.45) is 5.07. The number of aryl methyl sites for hydroxylation is 1. The molecule has 2 amide bonds. The summed E-state index contributed by atoms with van der Waals surface area (Å²) < 4.78 is 0. The van der Waals surface area contributed by atoms with Gasteiger partial charge < -0.3 is 21.6 Å². The van der Waals surface area contributed by atoms with Gasteiger partial charge in [0.1, 0.15) is 5.01 Å². The Morgan fingerprint density at radius 2 is 1.97 bits per heavy atom. The fourth-order valence-corrected chi connectivity index (χ4v) is 3.36. The van der Waals surface area contributed by atoms with Gasteiger partial charge in [-0.05, 0) is 25.1 Å². The fourth-order valence-electron chi connectivity index (χ4n) is 2.60. The molecule has 0 aliphatic rings. The molecule has 0 saturated heterocycles. The van der Waals surface area contributed by atoms with Gasteiger partial charge in [0.2, 0.25) is 5.91 Å². The molecule has 0 aliphatic heterocycles. The number of hydrazone groups is 1. The smallest absolute Gasteiger partial charge is 0.278 e. The maximum atomic E-state index is 12.8. The number of thiazole rings is 1. The zero-order valence-corrected chi connectivity index (χ0v) is 17.7. The Labute approximate surface area is 182 Å². The molecule has 11 heteroatoms. The van der Waals surface area contributed by atoms with Crippen molar-refractivity contribution < 1.29 is 14.7 Å². The number of hydrogen-bond donors (Lipinski definition) is 4. The molecule has 0 bridgehead atoms. The lowest BCUT2D eigenvalue weighted by atomic mass is 10.1. The van der Waals surface area contributed by atoms with Crippen molar-refractivity contribution in [2.75, 3.05) is 10.6 Å². The van der Waals surface area contributed by atoms with E-state index in [4.69, 9.17) is 10.9 Å². The largest absolute Gasteiger partial charge is 0.389 e. The van der Waals surface area contributed by atoms with E-state index < -0.39 is 5.91 Å². The minimum Gasteiger partial charge on any atom is -0.389 e. The van der Waals surface area contributed by atoms with Crippen LogP contribution >= 0.6 is 11.3 Å². The summed E-state index contributed by atoms with van der Waals surface area (Å²) in [5, 5.41) is 18.8. The number of nitrogens with zero attached hydrogens (tertiary/aromatic N) is 4. The summed E-state index contributed by atoms with van der Waals surface area (Å²) in [7, 11) is 0. The molecule has 0 fully saturated rings. The number of pyridine rings is 2. The number of carbonyl (C=O) groups excluding carboxylic acids is 2. The molecule has 5 N–H and O–H groups in total. The molecular formula is C20H21N7O3S. The number of nitrogens with one attached hydrogen (secondary N) is 2. The summed E-state index contributed by atoms with van der Waals surface area (Å²) in [6.45, 7) is 3.34. The molecule has 10 nitrogen and oxygen atoms in total. The molecule has 0 unspecified atom stereocenters. The molecule has 3 heterocycles. The minimum absolute atomic E-state index is 0.0608. The Bertz CT molecular complexity index is 1130. The number of amides is 2. The van der Waals surface area contributed by atoms with Crippen molar-refractivity contribution >= 4 is 40.2 Å². The first-order chi connectivity index (χ1) is 14.9. The lowest BCUT2D eigenvalue weighted by molar-refractivity contribution is -0.116. The molecule has 3 aromatic rings. The third-order valence-electron chi connectivity index (χ3n) is 4.26. The zero-order chi connectivity index (χ0) is 22.4. The quantitative estimate of drug-likeness (QED) is 0.249. The molecule has 3 rings (SSSR count). The number of anilines is 2. The minimum atomic E-state index is -0.563. The number of rotatable bonds is 7. The van der Waals surface area contributed by atoms with Crippen molar-refractivity contribution in [1.29, 1.82) is 0 Å². The van der Waals surface area contributed by atoms with Crippen LogP contribution in [0.25, 0.3) is 10.4 Å². The molecule has 160 valence electrons. The van der Waals surface area contributed by atoms with Crippen LogP contribution < -0.4 is 16.5 Å². The SMILES string of the molecule is CCC(=O)Nc1cnc(C)c(NC(=O)/C(=N/N)c2ccc(-c3cnc(CO)s3)cn2)c1. The lowest BCUT2D eigenvalue weighted by Crippen LogP contribution is -2.26. The Morgan fingerprint density at radius 3 is 2.58 bits per heavy atom. The predicted molar refractivity (Wildman–Crippen MR) is 119 cm³/mol. The van der Waals surface area contributed by atoms with Crippen molar-refractivity contribution in [2.45, 2.75) is 26.9 Å². The van der Waals surface area contributed by atoms with Crippen LogP contribution in [0.15, 0.2) is 41.9 Å². The summed E-state index contributed by atoms with van der Waals surface area (Å²) in [6, 6.07) is 5.01. The van der Waals surface area contributed by atoms with Crippen LogP contribution in [0.5, 0.6) is 0 Å². The van der Waals surface area contributed by atoms with Gasteiger partial charge in [0.25, 0.3) is 5.91 Å². The van der Waals surface area contributed by atoms with Gasteiger partial charge in [-0.2, -0.15) is 5.10 Å². The first-order valence-electron chi connectivity index (χ1n) is 9.33. The molecule has 0 saturated carbocycles. The summed E-state index contributed by atoms with van der Waals surface area (Å²) in [4.78, 5) is 37.8. The number of aromatic nitrogens is 3. The van der Waals surface area contributed by atoms with Gasteiger partial charge in [0.05, 0.1) is 40.4 Å². The van der Waals surface area contributed by atoms with E-state index >= 15 is 0 Å². The van der Waals surface area contributed by atoms with E-state index in [9.17, 15) is 9.59 Å². The third-order valence-corrected chi connectivity index (χ3v) is 5.29. The summed E-state index contributed by atoms with van der Waals surface area (Å²) in [5.41, 5.74) is 2.46. The van der Waals surface area contributed by atoms with Crippen molar-refractivity contribution in [1.82, 2.24) is 15.0 Å². The first-order valence-corrected chi connectivity index (χ1v) is 10.1. The van der Waals surface area contributed by atoms with Crippen LogP contribution in [0.1, 0.15) is 29.7 Å². The predicted octanol–water partition coefficient (Wildman–Crippen LogP) is 2.05. The topological polar surface area (TPSA) is 155 Å². The Hall–Kier alpha value is -3.70. The van der Waals surface area contributed by atoms with Crippen LogP contribution in [-0.4, -0.2) is 37.6 Å². The van der Waals surface area contributed by atoms with E-state index in [0.717, 1.165) is 10.4 Å². The maximum Gasteiger partial charge on any atom is 0.278 e. The van der Waals surface area contributed by atoms with Crippen molar-refractivity contribution in [3.05, 3.63) is 53.2 Å². The average molecular weight is 440 g/mol. The van der Waals surface area contributed by atoms with E-state index in [1.165, 1.54) is 17.5 Å². The van der Waals surface area contributed by atoms with Gasteiger partial charge in [0, 0.05) is 24.4 Å². The van der Waals surface area contributed by atoms with Gasteiger partial charge in [-0.3, -0.25) is 19.6 Å². The highest BCUT2D eigenvalue weighted by atomic mass is 32.1. The normalized spacial score (nSPS) is 11.3. The highest BCUT2D eigenvalue weighted by Crippen LogP contribution is 2.25. The highest BCUT2D eigenvalue weighted by Gasteiger charge is 2.18. The summed E-state index contributed by atoms with van der Waals surface area (Å²) >= 11 is 1.35. The summed E-state index contributed by atoms with van der Waals surface area (Å²) in [5.74, 6) is 4.73. The lowest BCUT2D eigenvalue weighted by Gasteiger charge is -2.11. The molecule has 0 radical (unpaired) electrons. The first kappa shape index (κ1) is 22.0. The molecule has 31 heavy (non-hydrogen) atoms. The van der Waals surface area contributed by atoms with Crippen LogP contribution in [0.4, 0.5) is 11.4 Å². The van der Waals surface area contributed by atoms with E-state index in [1.807, 2.05) is 0 Å². The maximum absolute atomic E-state index is 12.8. The average Bonchev–Trinajstić information content (AvgIpc) is 3.26. The standard InChI is InChI=1S/C20H21N7O3S/c1-3-17(29)25-13-6-15(11(2)22-8-13)26-20(30)19(27-21)14-5-4-12(7-23-14)16-9-24-18(10-28)31-16/h4-9,28H,3,10,21H2,1-2H3,(H,25,29)(H,26,30)/b27-19+. The number of aliphatic hydroxyl groups is 1. The Kier molecular flexibility index (Phi) is 7.00. The van der Waals surface area contributed by atoms with Crippen LogP contribution in [0, 0.1) is 6.92 Å². The number of nitrogens with two attached hydrogens (primary N) is 1. The second-order valence-electron chi connectivity index (χ2n) is 6.40. The second kappa shape index (κ2) is 9.87. The van der Waals surface area contributed by atoms with Crippen molar-refractivity contribution in [2.24, 2.45) is 10.9 Å². The van der Waals surface area contributed by atoms with E-state index in [1.54, 1.807) is 44.4 Å². The zero-order valence-electron chi connectivity index (χ0n) is 16.9. The molecule has 0 atom stereocenters. The van der Waals surface area contributed by atoms with Crippen LogP contribution in [-0.2, 0) is 16.2 Å². The molecule has 3 aromatic heterocycles. The van der Waals surface area contributed by atoms with Gasteiger partial charge in [-0.1, -0.05) is 6.92 Å². The number of aliphatic hydroxyl groups excluding tert-OH is 1. The Balaban J connectivity index is 1.77. The van der Waals surface area contributed by atoms with Gasteiger partial charge in [-0.25, -0.2) is 4.98 Å². The van der Waals surface area contributed by atoms with Crippen molar-refractivity contribution in [3.8, 4) is 10.4 Å². The highest BCUT2D eigenvalue weighted by molar-refractivity contribution is 7.15. The van der Waals surface area contributed by atoms with E-state index in [-0.39, 0.29) is 23.9 Å². The molecular weight excluding hydrogens is 418 g/mol. The van der Waals surface area contributed by atoms with Gasteiger partial charge in [0.15, 0.2) is 5.71 Å². The molecule has 0 aliphatic carbocycles. The van der Waals surface area contributed by atoms with Crippen LogP contribution in [0.3, 0.4) is 0 Å². The van der Waals surface area contributed by atoms with Crippen LogP contribution in [0.2, 0.25) is 0 Å². The molecule has 0 spiro atoms. The Morgan fingerprint density at radius 1 is 1.16 bits per heavy atom. The third kappa shape index (κ3) is 5.27. The molecule has 0 aromatic carbocycles. The van der Waals surface area contributed by atoms with E-state index in [0.29, 0.717) is 28.5 Å². The number of carbonyl (C=O) groups is 2. The van der Waals surface area contributed by atoms with Gasteiger partial charge >= 0.3 is 0 Å².